The Bertz CT molecular complexity index is 1040. The summed E-state index contributed by atoms with van der Waals surface area (Å²) in [6, 6.07) is 10.1. The molecule has 0 saturated carbocycles. The summed E-state index contributed by atoms with van der Waals surface area (Å²) in [4.78, 5) is 25.2. The predicted octanol–water partition coefficient (Wildman–Crippen LogP) is 5.14. The zero-order chi connectivity index (χ0) is 21.2. The number of alkyl halides is 3. The second-order valence-corrected chi connectivity index (χ2v) is 7.54. The Morgan fingerprint density at radius 3 is 2.52 bits per heavy atom. The minimum absolute atomic E-state index is 0.0915. The van der Waals surface area contributed by atoms with Crippen molar-refractivity contribution in [2.75, 3.05) is 6.61 Å². The lowest BCUT2D eigenvalue weighted by Crippen LogP contribution is -2.16. The largest absolute Gasteiger partial charge is 0.457 e. The number of hydrogen-bond donors (Lipinski definition) is 0. The van der Waals surface area contributed by atoms with Crippen LogP contribution in [0.4, 0.5) is 13.2 Å². The van der Waals surface area contributed by atoms with E-state index in [1.165, 1.54) is 17.4 Å². The molecule has 3 rings (SSSR count). The van der Waals surface area contributed by atoms with Gasteiger partial charge in [0.1, 0.15) is 0 Å². The number of ether oxygens (including phenoxy) is 1. The standard InChI is InChI=1S/C21H18F3NO3S/c1-13-9-18(19(26)12-28-20(27)11-17-7-4-8-29-17)14(2)25(13)16-6-3-5-15(10-16)21(22,23)24/h3-10H,11-12H2,1-2H3. The maximum atomic E-state index is 13.0. The summed E-state index contributed by atoms with van der Waals surface area (Å²) in [7, 11) is 0. The zero-order valence-electron chi connectivity index (χ0n) is 15.7. The molecule has 3 aromatic rings. The van der Waals surface area contributed by atoms with Gasteiger partial charge >= 0.3 is 12.1 Å². The summed E-state index contributed by atoms with van der Waals surface area (Å²) < 4.78 is 45.7. The summed E-state index contributed by atoms with van der Waals surface area (Å²) >= 11 is 1.42. The molecule has 0 saturated heterocycles. The highest BCUT2D eigenvalue weighted by Gasteiger charge is 2.31. The quantitative estimate of drug-likeness (QED) is 0.409. The first kappa shape index (κ1) is 20.9. The molecule has 0 spiro atoms. The van der Waals surface area contributed by atoms with Crippen LogP contribution in [0.15, 0.2) is 47.8 Å². The number of thiophene rings is 1. The Balaban J connectivity index is 1.77. The minimum atomic E-state index is -4.46. The van der Waals surface area contributed by atoms with E-state index in [2.05, 4.69) is 0 Å². The highest BCUT2D eigenvalue weighted by Crippen LogP contribution is 2.31. The van der Waals surface area contributed by atoms with Gasteiger partial charge in [0.15, 0.2) is 6.61 Å². The zero-order valence-corrected chi connectivity index (χ0v) is 16.6. The van der Waals surface area contributed by atoms with Crippen molar-refractivity contribution in [3.8, 4) is 5.69 Å². The van der Waals surface area contributed by atoms with Crippen molar-refractivity contribution in [1.29, 1.82) is 0 Å². The van der Waals surface area contributed by atoms with E-state index in [1.54, 1.807) is 36.6 Å². The third-order valence-corrected chi connectivity index (χ3v) is 5.30. The average Bonchev–Trinajstić information content (AvgIpc) is 3.26. The molecule has 1 aromatic carbocycles. The van der Waals surface area contributed by atoms with Gasteiger partial charge in [0, 0.05) is 27.5 Å². The summed E-state index contributed by atoms with van der Waals surface area (Å²) in [6.45, 7) is 2.93. The van der Waals surface area contributed by atoms with Crippen LogP contribution in [-0.2, 0) is 22.1 Å². The van der Waals surface area contributed by atoms with Crippen molar-refractivity contribution in [2.45, 2.75) is 26.4 Å². The Labute approximate surface area is 169 Å². The van der Waals surface area contributed by atoms with Gasteiger partial charge in [-0.1, -0.05) is 12.1 Å². The molecule has 0 N–H and O–H groups in total. The molecule has 2 heterocycles. The van der Waals surface area contributed by atoms with Crippen LogP contribution in [0.3, 0.4) is 0 Å². The summed E-state index contributed by atoms with van der Waals surface area (Å²) in [5.74, 6) is -0.914. The van der Waals surface area contributed by atoms with E-state index in [1.807, 2.05) is 11.4 Å². The molecular formula is C21H18F3NO3S. The van der Waals surface area contributed by atoms with E-state index >= 15 is 0 Å². The predicted molar refractivity (Wildman–Crippen MR) is 104 cm³/mol. The number of halogens is 3. The Hall–Kier alpha value is -2.87. The first-order valence-corrected chi connectivity index (χ1v) is 9.62. The monoisotopic (exact) mass is 421 g/mol. The molecule has 0 bridgehead atoms. The van der Waals surface area contributed by atoms with Crippen molar-refractivity contribution < 1.29 is 27.5 Å². The smallest absolute Gasteiger partial charge is 0.416 e. The van der Waals surface area contributed by atoms with Crippen LogP contribution >= 0.6 is 11.3 Å². The third-order valence-electron chi connectivity index (χ3n) is 4.43. The van der Waals surface area contributed by atoms with Crippen LogP contribution in [0.1, 0.15) is 32.2 Å². The molecule has 0 amide bonds. The lowest BCUT2D eigenvalue weighted by atomic mass is 10.1. The molecule has 2 aromatic heterocycles. The number of carbonyl (C=O) groups excluding carboxylic acids is 2. The second-order valence-electron chi connectivity index (χ2n) is 6.51. The molecule has 0 aliphatic heterocycles. The van der Waals surface area contributed by atoms with Crippen LogP contribution < -0.4 is 0 Å². The van der Waals surface area contributed by atoms with Crippen molar-refractivity contribution in [2.24, 2.45) is 0 Å². The maximum Gasteiger partial charge on any atom is 0.416 e. The number of rotatable bonds is 6. The molecule has 8 heteroatoms. The Morgan fingerprint density at radius 1 is 1.10 bits per heavy atom. The third kappa shape index (κ3) is 4.76. The molecule has 152 valence electrons. The summed E-state index contributed by atoms with van der Waals surface area (Å²) in [6.07, 6.45) is -4.37. The van der Waals surface area contributed by atoms with E-state index in [0.717, 1.165) is 17.0 Å². The van der Waals surface area contributed by atoms with Crippen LogP contribution in [0.5, 0.6) is 0 Å². The fraction of sp³-hybridized carbons (Fsp3) is 0.238. The van der Waals surface area contributed by atoms with E-state index in [9.17, 15) is 22.8 Å². The fourth-order valence-corrected chi connectivity index (χ4v) is 3.78. The molecule has 4 nitrogen and oxygen atoms in total. The van der Waals surface area contributed by atoms with Gasteiger partial charge in [-0.25, -0.2) is 0 Å². The molecule has 0 aliphatic carbocycles. The van der Waals surface area contributed by atoms with Crippen molar-refractivity contribution >= 4 is 23.1 Å². The topological polar surface area (TPSA) is 48.3 Å². The number of benzene rings is 1. The normalized spacial score (nSPS) is 11.5. The maximum absolute atomic E-state index is 13.0. The number of hydrogen-bond acceptors (Lipinski definition) is 4. The SMILES string of the molecule is Cc1cc(C(=O)COC(=O)Cc2cccs2)c(C)n1-c1cccc(C(F)(F)F)c1. The van der Waals surface area contributed by atoms with Gasteiger partial charge in [-0.2, -0.15) is 13.2 Å². The van der Waals surface area contributed by atoms with Gasteiger partial charge in [0.05, 0.1) is 12.0 Å². The summed E-state index contributed by atoms with van der Waals surface area (Å²) in [5, 5.41) is 1.84. The van der Waals surface area contributed by atoms with Crippen LogP contribution in [0.25, 0.3) is 5.69 Å². The number of esters is 1. The Kier molecular flexibility index (Phi) is 5.93. The lowest BCUT2D eigenvalue weighted by Gasteiger charge is -2.13. The number of nitrogens with zero attached hydrogens (tertiary/aromatic N) is 1. The number of aromatic nitrogens is 1. The van der Waals surface area contributed by atoms with E-state index < -0.39 is 30.1 Å². The van der Waals surface area contributed by atoms with Gasteiger partial charge < -0.3 is 9.30 Å². The number of Topliss-reactive ketones (excluding diaryl/α,β-unsaturated/α-hetero) is 1. The molecule has 0 radical (unpaired) electrons. The van der Waals surface area contributed by atoms with Crippen LogP contribution in [0.2, 0.25) is 0 Å². The minimum Gasteiger partial charge on any atom is -0.457 e. The molecule has 0 aliphatic rings. The van der Waals surface area contributed by atoms with Gasteiger partial charge in [0.2, 0.25) is 5.78 Å². The highest BCUT2D eigenvalue weighted by molar-refractivity contribution is 7.10. The van der Waals surface area contributed by atoms with Gasteiger partial charge in [-0.3, -0.25) is 9.59 Å². The first-order valence-electron chi connectivity index (χ1n) is 8.74. The van der Waals surface area contributed by atoms with Gasteiger partial charge in [-0.05, 0) is 49.6 Å². The molecule has 0 atom stereocenters. The van der Waals surface area contributed by atoms with E-state index in [-0.39, 0.29) is 6.42 Å². The number of aryl methyl sites for hydroxylation is 1. The molecular weight excluding hydrogens is 403 g/mol. The fourth-order valence-electron chi connectivity index (χ4n) is 3.09. The highest BCUT2D eigenvalue weighted by atomic mass is 32.1. The lowest BCUT2D eigenvalue weighted by molar-refractivity contribution is -0.141. The van der Waals surface area contributed by atoms with Crippen molar-refractivity contribution in [3.63, 3.8) is 0 Å². The number of ketones is 1. The van der Waals surface area contributed by atoms with Crippen LogP contribution in [-0.4, -0.2) is 22.9 Å². The van der Waals surface area contributed by atoms with Gasteiger partial charge in [-0.15, -0.1) is 11.3 Å². The average molecular weight is 421 g/mol. The first-order chi connectivity index (χ1) is 13.7. The molecule has 0 unspecified atom stereocenters. The van der Waals surface area contributed by atoms with Crippen molar-refractivity contribution in [3.05, 3.63) is 75.2 Å². The number of carbonyl (C=O) groups is 2. The Morgan fingerprint density at radius 2 is 1.86 bits per heavy atom. The van der Waals surface area contributed by atoms with Crippen molar-refractivity contribution in [1.82, 2.24) is 4.57 Å². The van der Waals surface area contributed by atoms with E-state index in [4.69, 9.17) is 4.74 Å². The van der Waals surface area contributed by atoms with Gasteiger partial charge in [0.25, 0.3) is 0 Å². The molecule has 0 fully saturated rings. The molecule has 29 heavy (non-hydrogen) atoms. The van der Waals surface area contributed by atoms with Crippen LogP contribution in [0, 0.1) is 13.8 Å². The second kappa shape index (κ2) is 8.24. The summed E-state index contributed by atoms with van der Waals surface area (Å²) in [5.41, 5.74) is 0.946. The van der Waals surface area contributed by atoms with E-state index in [0.29, 0.717) is 22.6 Å².